The molecule has 0 atom stereocenters. The first-order valence-electron chi connectivity index (χ1n) is 24.6. The number of hydrogen-bond acceptors (Lipinski definition) is 3. The topological polar surface area (TPSA) is 24.0 Å². The molecule has 0 N–H and O–H groups in total. The second-order valence-corrected chi connectivity index (χ2v) is 25.2. The van der Waals surface area contributed by atoms with Crippen molar-refractivity contribution >= 4 is 95.3 Å². The largest absolute Gasteiger partial charge is 0.465 e. The summed E-state index contributed by atoms with van der Waals surface area (Å²) < 4.78 is 9.57. The fourth-order valence-corrected chi connectivity index (χ4v) is 11.6. The van der Waals surface area contributed by atoms with Crippen LogP contribution in [0.25, 0.3) is 38.1 Å². The second kappa shape index (κ2) is 13.8. The summed E-state index contributed by atoms with van der Waals surface area (Å²) in [7, 11) is 0. The van der Waals surface area contributed by atoms with Gasteiger partial charge in [-0.1, -0.05) is 152 Å². The van der Waals surface area contributed by atoms with E-state index in [2.05, 4.69) is 235 Å². The predicted octanol–water partition coefficient (Wildman–Crippen LogP) is 15.6. The Hall–Kier alpha value is -5.94. The molecule has 340 valence electrons. The van der Waals surface area contributed by atoms with Crippen LogP contribution in [-0.4, -0.2) is 11.1 Å². The van der Waals surface area contributed by atoms with E-state index < -0.39 is 0 Å². The van der Waals surface area contributed by atoms with Crippen LogP contribution in [0.4, 0.5) is 34.1 Å². The molecule has 3 aromatic heterocycles. The highest BCUT2D eigenvalue weighted by molar-refractivity contribution is 7.01. The lowest BCUT2D eigenvalue weighted by Gasteiger charge is -2.44. The third kappa shape index (κ3) is 6.32. The Kier molecular flexibility index (Phi) is 9.01. The maximum absolute atomic E-state index is 6.96. The average molecular weight is 882 g/mol. The van der Waals surface area contributed by atoms with Crippen molar-refractivity contribution in [2.24, 2.45) is 0 Å². The zero-order chi connectivity index (χ0) is 47.8. The van der Waals surface area contributed by atoms with E-state index >= 15 is 0 Å². The van der Waals surface area contributed by atoms with Crippen molar-refractivity contribution in [2.45, 2.75) is 145 Å². The van der Waals surface area contributed by atoms with Gasteiger partial charge in [0.25, 0.3) is 6.71 Å². The standard InChI is InChI=1S/C62H68BN3O/c1-35-52-54(36(2)67-35)65(43-27-20-38(21-28-43)59(6,7)8)57-51-45-33-40(61(12,13)14)23-30-48(45)66-47-29-22-39(60(9,10)11)32-44(47)50(55(51)66)56-53(57)63(52)46-34-41(62(15,16)17)24-31-49(46)64(56)42-25-18-37(19-26-42)58(3,4)5/h18-34H,1-17H3. The number of aryl methyl sites for hydroxylation is 2. The van der Waals surface area contributed by atoms with Gasteiger partial charge in [0.1, 0.15) is 5.76 Å². The van der Waals surface area contributed by atoms with Gasteiger partial charge >= 0.3 is 0 Å². The van der Waals surface area contributed by atoms with Crippen molar-refractivity contribution in [3.05, 3.63) is 142 Å². The molecular formula is C62H68BN3O. The van der Waals surface area contributed by atoms with Crippen molar-refractivity contribution in [2.75, 3.05) is 9.80 Å². The van der Waals surface area contributed by atoms with Crippen LogP contribution in [0.5, 0.6) is 0 Å². The van der Waals surface area contributed by atoms with Gasteiger partial charge in [-0.3, -0.25) is 0 Å². The van der Waals surface area contributed by atoms with Gasteiger partial charge in [-0.05, 0) is 140 Å². The van der Waals surface area contributed by atoms with E-state index in [1.807, 2.05) is 0 Å². The summed E-state index contributed by atoms with van der Waals surface area (Å²) in [6.07, 6.45) is 0. The molecule has 0 saturated carbocycles. The minimum atomic E-state index is -0.0929. The number of anilines is 6. The van der Waals surface area contributed by atoms with Gasteiger partial charge < -0.3 is 18.6 Å². The van der Waals surface area contributed by atoms with Crippen LogP contribution in [0.15, 0.2) is 108 Å². The van der Waals surface area contributed by atoms with E-state index in [0.29, 0.717) is 0 Å². The lowest BCUT2D eigenvalue weighted by atomic mass is 9.33. The number of furan rings is 1. The summed E-state index contributed by atoms with van der Waals surface area (Å²) in [4.78, 5) is 5.26. The van der Waals surface area contributed by atoms with Gasteiger partial charge in [-0.25, -0.2) is 0 Å². The first kappa shape index (κ1) is 43.6. The number of benzene rings is 6. The Balaban J connectivity index is 1.42. The third-order valence-corrected chi connectivity index (χ3v) is 15.4. The molecule has 0 unspecified atom stereocenters. The lowest BCUT2D eigenvalue weighted by Crippen LogP contribution is -2.61. The molecule has 0 bridgehead atoms. The molecule has 0 amide bonds. The SMILES string of the molecule is Cc1oc(C)c2c1B1c3cc(C(C)(C)C)ccc3N(c3ccc(C(C)(C)C)cc3)c3c1c(c1c4cc(C(C)(C)C)ccc4n4c5ccc(C(C)(C)C)cc5c3c14)N2c1ccc(C(C)(C)C)cc1. The van der Waals surface area contributed by atoms with Crippen LogP contribution in [0, 0.1) is 13.8 Å². The fourth-order valence-electron chi connectivity index (χ4n) is 11.6. The molecule has 9 aromatic rings. The molecule has 0 fully saturated rings. The second-order valence-electron chi connectivity index (χ2n) is 25.2. The molecule has 2 aliphatic heterocycles. The van der Waals surface area contributed by atoms with Crippen molar-refractivity contribution < 1.29 is 4.42 Å². The monoisotopic (exact) mass is 882 g/mol. The van der Waals surface area contributed by atoms with E-state index in [0.717, 1.165) is 22.9 Å². The molecule has 0 radical (unpaired) electrons. The molecule has 0 spiro atoms. The molecular weight excluding hydrogens is 814 g/mol. The number of aromatic nitrogens is 1. The predicted molar refractivity (Wildman–Crippen MR) is 290 cm³/mol. The first-order valence-corrected chi connectivity index (χ1v) is 24.6. The molecule has 4 nitrogen and oxygen atoms in total. The van der Waals surface area contributed by atoms with Gasteiger partial charge in [0.15, 0.2) is 0 Å². The van der Waals surface area contributed by atoms with Gasteiger partial charge in [-0.2, -0.15) is 0 Å². The summed E-state index contributed by atoms with van der Waals surface area (Å²) in [6.45, 7) is 39.2. The highest BCUT2D eigenvalue weighted by Crippen LogP contribution is 2.56. The molecule has 5 heterocycles. The number of hydrogen-bond donors (Lipinski definition) is 0. The van der Waals surface area contributed by atoms with E-state index in [1.165, 1.54) is 105 Å². The molecule has 6 aromatic carbocycles. The van der Waals surface area contributed by atoms with Crippen molar-refractivity contribution in [1.29, 1.82) is 0 Å². The number of nitrogens with zero attached hydrogens (tertiary/aromatic N) is 3. The molecule has 67 heavy (non-hydrogen) atoms. The Morgan fingerprint density at radius 3 is 1.27 bits per heavy atom. The zero-order valence-corrected chi connectivity index (χ0v) is 43.1. The summed E-state index contributed by atoms with van der Waals surface area (Å²) in [5.41, 5.74) is 21.4. The van der Waals surface area contributed by atoms with E-state index in [9.17, 15) is 0 Å². The van der Waals surface area contributed by atoms with E-state index in [-0.39, 0.29) is 33.8 Å². The van der Waals surface area contributed by atoms with Crippen LogP contribution in [0.3, 0.4) is 0 Å². The normalized spacial score (nSPS) is 14.6. The van der Waals surface area contributed by atoms with Gasteiger partial charge in [0.05, 0.1) is 39.4 Å². The maximum atomic E-state index is 6.96. The lowest BCUT2D eigenvalue weighted by molar-refractivity contribution is 0.507. The summed E-state index contributed by atoms with van der Waals surface area (Å²) in [6, 6.07) is 40.8. The quantitative estimate of drug-likeness (QED) is 0.162. The molecule has 5 heteroatoms. The Labute approximate surface area is 399 Å². The van der Waals surface area contributed by atoms with Crippen LogP contribution < -0.4 is 26.2 Å². The molecule has 2 aliphatic rings. The van der Waals surface area contributed by atoms with Crippen molar-refractivity contribution in [3.8, 4) is 0 Å². The summed E-state index contributed by atoms with van der Waals surface area (Å²) in [5.74, 6) is 1.92. The minimum absolute atomic E-state index is 0.0115. The Morgan fingerprint density at radius 2 is 0.806 bits per heavy atom. The maximum Gasteiger partial charge on any atom is 0.256 e. The Bertz CT molecular complexity index is 3490. The number of fused-ring (bicyclic) bond motifs is 12. The van der Waals surface area contributed by atoms with Crippen LogP contribution in [-0.2, 0) is 27.1 Å². The van der Waals surface area contributed by atoms with E-state index in [1.54, 1.807) is 0 Å². The minimum Gasteiger partial charge on any atom is -0.465 e. The van der Waals surface area contributed by atoms with E-state index in [4.69, 9.17) is 4.42 Å². The van der Waals surface area contributed by atoms with Crippen LogP contribution in [0.1, 0.15) is 143 Å². The highest BCUT2D eigenvalue weighted by atomic mass is 16.3. The fraction of sp³-hybridized carbons (Fsp3) is 0.355. The van der Waals surface area contributed by atoms with Crippen molar-refractivity contribution in [1.82, 2.24) is 4.40 Å². The molecule has 11 rings (SSSR count). The van der Waals surface area contributed by atoms with Gasteiger partial charge in [0.2, 0.25) is 0 Å². The average Bonchev–Trinajstić information content (AvgIpc) is 3.87. The number of rotatable bonds is 2. The van der Waals surface area contributed by atoms with Crippen LogP contribution >= 0.6 is 0 Å². The summed E-state index contributed by atoms with van der Waals surface area (Å²) in [5, 5.41) is 5.20. The van der Waals surface area contributed by atoms with Crippen molar-refractivity contribution in [3.63, 3.8) is 0 Å². The molecule has 0 saturated heterocycles. The first-order chi connectivity index (χ1) is 31.2. The highest BCUT2D eigenvalue weighted by Gasteiger charge is 2.49. The third-order valence-electron chi connectivity index (χ3n) is 15.4. The van der Waals surface area contributed by atoms with Crippen LogP contribution in [0.2, 0.25) is 0 Å². The smallest absolute Gasteiger partial charge is 0.256 e. The summed E-state index contributed by atoms with van der Waals surface area (Å²) >= 11 is 0. The van der Waals surface area contributed by atoms with Gasteiger partial charge in [0, 0.05) is 38.6 Å². The van der Waals surface area contributed by atoms with Gasteiger partial charge in [-0.15, -0.1) is 0 Å². The molecule has 0 aliphatic carbocycles. The zero-order valence-electron chi connectivity index (χ0n) is 43.1. The Morgan fingerprint density at radius 1 is 0.403 bits per heavy atom.